The molecule has 7 heteroatoms. The normalized spacial score (nSPS) is 10.7. The van der Waals surface area contributed by atoms with Crippen LogP contribution in [-0.2, 0) is 4.79 Å². The number of rotatable bonds is 5. The van der Waals surface area contributed by atoms with E-state index in [0.29, 0.717) is 27.2 Å². The Morgan fingerprint density at radius 3 is 2.46 bits per heavy atom. The van der Waals surface area contributed by atoms with E-state index in [9.17, 15) is 10.1 Å². The first-order valence-corrected chi connectivity index (χ1v) is 7.56. The number of benzene rings is 2. The highest BCUT2D eigenvalue weighted by molar-refractivity contribution is 6.31. The van der Waals surface area contributed by atoms with Gasteiger partial charge in [-0.05, 0) is 42.5 Å². The predicted octanol–water partition coefficient (Wildman–Crippen LogP) is 4.46. The first-order valence-electron chi connectivity index (χ1n) is 6.80. The summed E-state index contributed by atoms with van der Waals surface area (Å²) in [7, 11) is 1.47. The van der Waals surface area contributed by atoms with E-state index in [2.05, 4.69) is 10.6 Å². The molecule has 1 amide bonds. The van der Waals surface area contributed by atoms with Crippen molar-refractivity contribution in [2.45, 2.75) is 0 Å². The van der Waals surface area contributed by atoms with Gasteiger partial charge in [0, 0.05) is 21.9 Å². The fraction of sp³-hybridized carbons (Fsp3) is 0.0588. The topological polar surface area (TPSA) is 74.1 Å². The van der Waals surface area contributed by atoms with Crippen LogP contribution in [0.4, 0.5) is 11.4 Å². The molecule has 0 fully saturated rings. The van der Waals surface area contributed by atoms with Gasteiger partial charge in [-0.25, -0.2) is 0 Å². The molecule has 2 aromatic carbocycles. The van der Waals surface area contributed by atoms with Gasteiger partial charge >= 0.3 is 0 Å². The van der Waals surface area contributed by atoms with Gasteiger partial charge in [-0.15, -0.1) is 0 Å². The lowest BCUT2D eigenvalue weighted by Crippen LogP contribution is -2.15. The summed E-state index contributed by atoms with van der Waals surface area (Å²) < 4.78 is 5.15. The first-order chi connectivity index (χ1) is 11.5. The summed E-state index contributed by atoms with van der Waals surface area (Å²) >= 11 is 11.7. The van der Waals surface area contributed by atoms with Crippen LogP contribution >= 0.6 is 23.2 Å². The minimum atomic E-state index is -0.584. The average molecular weight is 362 g/mol. The summed E-state index contributed by atoms with van der Waals surface area (Å²) in [5.74, 6) is -0.143. The molecule has 0 aliphatic heterocycles. The Morgan fingerprint density at radius 2 is 1.83 bits per heavy atom. The van der Waals surface area contributed by atoms with Crippen LogP contribution in [0.15, 0.2) is 54.2 Å². The SMILES string of the molecule is COc1ccc(Cl)cc1NC(=O)/C(C#N)=C\Nc1ccc(Cl)cc1. The monoisotopic (exact) mass is 361 g/mol. The highest BCUT2D eigenvalue weighted by Gasteiger charge is 2.12. The molecule has 24 heavy (non-hydrogen) atoms. The molecule has 2 aromatic rings. The second kappa shape index (κ2) is 8.25. The quantitative estimate of drug-likeness (QED) is 0.608. The van der Waals surface area contributed by atoms with Crippen molar-refractivity contribution in [1.82, 2.24) is 0 Å². The molecule has 0 aliphatic rings. The number of carbonyl (C=O) groups is 1. The molecule has 0 atom stereocenters. The van der Waals surface area contributed by atoms with Crippen molar-refractivity contribution in [3.8, 4) is 11.8 Å². The summed E-state index contributed by atoms with van der Waals surface area (Å²) in [5, 5.41) is 15.7. The second-order valence-electron chi connectivity index (χ2n) is 4.62. The summed E-state index contributed by atoms with van der Waals surface area (Å²) in [6.45, 7) is 0. The number of hydrogen-bond acceptors (Lipinski definition) is 4. The van der Waals surface area contributed by atoms with Gasteiger partial charge in [0.25, 0.3) is 5.91 Å². The number of carbonyl (C=O) groups excluding carboxylic acids is 1. The number of halogens is 2. The molecule has 0 spiro atoms. The third-order valence-electron chi connectivity index (χ3n) is 3.00. The zero-order valence-corrected chi connectivity index (χ0v) is 14.2. The van der Waals surface area contributed by atoms with Crippen LogP contribution in [0, 0.1) is 11.3 Å². The molecule has 0 saturated heterocycles. The minimum absolute atomic E-state index is 0.105. The highest BCUT2D eigenvalue weighted by Crippen LogP contribution is 2.28. The van der Waals surface area contributed by atoms with E-state index in [0.717, 1.165) is 0 Å². The third-order valence-corrected chi connectivity index (χ3v) is 3.49. The number of methoxy groups -OCH3 is 1. The van der Waals surface area contributed by atoms with Crippen LogP contribution in [0.2, 0.25) is 10.0 Å². The molecular weight excluding hydrogens is 349 g/mol. The third kappa shape index (κ3) is 4.66. The van der Waals surface area contributed by atoms with E-state index < -0.39 is 5.91 Å². The summed E-state index contributed by atoms with van der Waals surface area (Å²) in [4.78, 5) is 12.2. The van der Waals surface area contributed by atoms with E-state index in [1.54, 1.807) is 42.5 Å². The Balaban J connectivity index is 2.14. The number of hydrogen-bond donors (Lipinski definition) is 2. The Morgan fingerprint density at radius 1 is 1.17 bits per heavy atom. The Bertz CT molecular complexity index is 812. The summed E-state index contributed by atoms with van der Waals surface area (Å²) in [6.07, 6.45) is 1.32. The van der Waals surface area contributed by atoms with Crippen molar-refractivity contribution in [3.63, 3.8) is 0 Å². The maximum atomic E-state index is 12.2. The van der Waals surface area contributed by atoms with E-state index in [-0.39, 0.29) is 5.57 Å². The largest absolute Gasteiger partial charge is 0.495 e. The lowest BCUT2D eigenvalue weighted by atomic mass is 10.2. The van der Waals surface area contributed by atoms with E-state index >= 15 is 0 Å². The lowest BCUT2D eigenvalue weighted by molar-refractivity contribution is -0.112. The Kier molecular flexibility index (Phi) is 6.07. The zero-order chi connectivity index (χ0) is 17.5. The van der Waals surface area contributed by atoms with Gasteiger partial charge in [-0.3, -0.25) is 4.79 Å². The van der Waals surface area contributed by atoms with Crippen LogP contribution in [0.5, 0.6) is 5.75 Å². The van der Waals surface area contributed by atoms with Crippen molar-refractivity contribution in [2.24, 2.45) is 0 Å². The van der Waals surface area contributed by atoms with Crippen LogP contribution in [-0.4, -0.2) is 13.0 Å². The Labute approximate surface area is 149 Å². The van der Waals surface area contributed by atoms with Gasteiger partial charge in [0.2, 0.25) is 0 Å². The molecule has 0 unspecified atom stereocenters. The van der Waals surface area contributed by atoms with Gasteiger partial charge in [-0.1, -0.05) is 23.2 Å². The summed E-state index contributed by atoms with van der Waals surface area (Å²) in [6, 6.07) is 13.5. The number of amides is 1. The maximum Gasteiger partial charge on any atom is 0.267 e. The van der Waals surface area contributed by atoms with Crippen LogP contribution in [0.1, 0.15) is 0 Å². The van der Waals surface area contributed by atoms with Crippen LogP contribution < -0.4 is 15.4 Å². The first kappa shape index (κ1) is 17.7. The Hall–Kier alpha value is -2.68. The molecule has 122 valence electrons. The molecule has 0 radical (unpaired) electrons. The van der Waals surface area contributed by atoms with E-state index in [1.165, 1.54) is 13.3 Å². The fourth-order valence-corrected chi connectivity index (χ4v) is 2.12. The molecule has 0 saturated carbocycles. The molecule has 0 aromatic heterocycles. The standard InChI is InChI=1S/C17H13Cl2N3O2/c1-24-16-7-4-13(19)8-15(16)22-17(23)11(9-20)10-21-14-5-2-12(18)3-6-14/h2-8,10,21H,1H3,(H,22,23)/b11-10-. The highest BCUT2D eigenvalue weighted by atomic mass is 35.5. The van der Waals surface area contributed by atoms with Crippen molar-refractivity contribution in [3.05, 3.63) is 64.3 Å². The van der Waals surface area contributed by atoms with E-state index in [4.69, 9.17) is 27.9 Å². The molecule has 2 N–H and O–H groups in total. The van der Waals surface area contributed by atoms with Gasteiger partial charge in [0.1, 0.15) is 17.4 Å². The van der Waals surface area contributed by atoms with Gasteiger partial charge in [-0.2, -0.15) is 5.26 Å². The van der Waals surface area contributed by atoms with Crippen molar-refractivity contribution < 1.29 is 9.53 Å². The number of nitriles is 1. The molecule has 2 rings (SSSR count). The van der Waals surface area contributed by atoms with Crippen molar-refractivity contribution in [2.75, 3.05) is 17.7 Å². The van der Waals surface area contributed by atoms with Gasteiger partial charge in [0.15, 0.2) is 0 Å². The number of nitrogens with zero attached hydrogens (tertiary/aromatic N) is 1. The van der Waals surface area contributed by atoms with Gasteiger partial charge in [0.05, 0.1) is 12.8 Å². The lowest BCUT2D eigenvalue weighted by Gasteiger charge is -2.10. The van der Waals surface area contributed by atoms with Crippen LogP contribution in [0.3, 0.4) is 0 Å². The summed E-state index contributed by atoms with van der Waals surface area (Å²) in [5.41, 5.74) is 0.968. The smallest absolute Gasteiger partial charge is 0.267 e. The number of ether oxygens (including phenoxy) is 1. The zero-order valence-electron chi connectivity index (χ0n) is 12.6. The maximum absolute atomic E-state index is 12.2. The minimum Gasteiger partial charge on any atom is -0.495 e. The van der Waals surface area contributed by atoms with Crippen LogP contribution in [0.25, 0.3) is 0 Å². The number of anilines is 2. The molecule has 0 heterocycles. The predicted molar refractivity (Wildman–Crippen MR) is 95.4 cm³/mol. The molecule has 5 nitrogen and oxygen atoms in total. The van der Waals surface area contributed by atoms with Crippen molar-refractivity contribution in [1.29, 1.82) is 5.26 Å². The molecule has 0 bridgehead atoms. The van der Waals surface area contributed by atoms with Gasteiger partial charge < -0.3 is 15.4 Å². The van der Waals surface area contributed by atoms with E-state index in [1.807, 2.05) is 6.07 Å². The second-order valence-corrected chi connectivity index (χ2v) is 5.49. The number of nitrogens with one attached hydrogen (secondary N) is 2. The van der Waals surface area contributed by atoms with Crippen molar-refractivity contribution >= 4 is 40.5 Å². The average Bonchev–Trinajstić information content (AvgIpc) is 2.57. The molecular formula is C17H13Cl2N3O2. The molecule has 0 aliphatic carbocycles. The fourth-order valence-electron chi connectivity index (χ4n) is 1.82.